The van der Waals surface area contributed by atoms with E-state index in [9.17, 15) is 30.8 Å². The van der Waals surface area contributed by atoms with Gasteiger partial charge in [0.25, 0.3) is 0 Å². The first-order chi connectivity index (χ1) is 17.0. The molecule has 1 aliphatic heterocycles. The third-order valence-corrected chi connectivity index (χ3v) is 8.10. The van der Waals surface area contributed by atoms with Crippen LogP contribution in [0.5, 0.6) is 0 Å². The molecule has 0 unspecified atom stereocenters. The molecule has 2 atom stereocenters. The lowest BCUT2D eigenvalue weighted by Gasteiger charge is -2.27. The van der Waals surface area contributed by atoms with Crippen LogP contribution < -0.4 is 0 Å². The Labute approximate surface area is 205 Å². The first kappa shape index (κ1) is 25.8. The van der Waals surface area contributed by atoms with E-state index in [1.807, 2.05) is 0 Å². The Morgan fingerprint density at radius 2 is 1.78 bits per heavy atom. The van der Waals surface area contributed by atoms with Crippen molar-refractivity contribution in [2.24, 2.45) is 0 Å². The van der Waals surface area contributed by atoms with Gasteiger partial charge >= 0.3 is 6.18 Å². The van der Waals surface area contributed by atoms with Crippen LogP contribution in [0.2, 0.25) is 0 Å². The van der Waals surface area contributed by atoms with Crippen molar-refractivity contribution < 1.29 is 30.8 Å². The number of hydrogen-bond donors (Lipinski definition) is 0. The van der Waals surface area contributed by atoms with Crippen molar-refractivity contribution in [3.05, 3.63) is 72.2 Å². The Bertz CT molecular complexity index is 1350. The molecular formula is C24H22F4N4O3S. The monoisotopic (exact) mass is 522 g/mol. The molecule has 36 heavy (non-hydrogen) atoms. The van der Waals surface area contributed by atoms with Gasteiger partial charge in [0.15, 0.2) is 5.78 Å². The minimum absolute atomic E-state index is 0.00847. The number of carbonyl (C=O) groups is 1. The molecule has 1 aromatic carbocycles. The predicted octanol–water partition coefficient (Wildman–Crippen LogP) is 4.44. The van der Waals surface area contributed by atoms with Gasteiger partial charge in [-0.3, -0.25) is 9.78 Å². The summed E-state index contributed by atoms with van der Waals surface area (Å²) in [4.78, 5) is 24.6. The normalized spacial score (nSPS) is 18.9. The van der Waals surface area contributed by atoms with Gasteiger partial charge in [0, 0.05) is 29.9 Å². The van der Waals surface area contributed by atoms with E-state index >= 15 is 0 Å². The highest BCUT2D eigenvalue weighted by Gasteiger charge is 2.43. The molecule has 12 heteroatoms. The number of alkyl halides is 3. The van der Waals surface area contributed by atoms with E-state index in [0.717, 1.165) is 24.4 Å². The number of pyridine rings is 1. The van der Waals surface area contributed by atoms with Crippen LogP contribution in [0.15, 0.2) is 59.9 Å². The molecule has 3 aromatic rings. The maximum absolute atomic E-state index is 13.3. The third-order valence-electron chi connectivity index (χ3n) is 6.06. The van der Waals surface area contributed by atoms with Crippen molar-refractivity contribution in [1.82, 2.24) is 19.3 Å². The van der Waals surface area contributed by atoms with Gasteiger partial charge < -0.3 is 0 Å². The third kappa shape index (κ3) is 5.44. The summed E-state index contributed by atoms with van der Waals surface area (Å²) in [5.74, 6) is -0.839. The van der Waals surface area contributed by atoms with Crippen LogP contribution in [0.3, 0.4) is 0 Å². The van der Waals surface area contributed by atoms with Crippen LogP contribution in [0, 0.1) is 5.82 Å². The number of benzene rings is 1. The molecule has 190 valence electrons. The molecule has 0 N–H and O–H groups in total. The summed E-state index contributed by atoms with van der Waals surface area (Å²) < 4.78 is 79.1. The maximum Gasteiger partial charge on any atom is 0.433 e. The number of aryl methyl sites for hydroxylation is 1. The number of Topliss-reactive ketones (excluding diaryl/α,β-unsaturated/α-hetero) is 1. The second kappa shape index (κ2) is 10.0. The van der Waals surface area contributed by atoms with Gasteiger partial charge in [0.05, 0.1) is 16.6 Å². The van der Waals surface area contributed by atoms with Crippen molar-refractivity contribution in [2.45, 2.75) is 55.8 Å². The highest BCUT2D eigenvalue weighted by molar-refractivity contribution is 7.89. The molecule has 7 nitrogen and oxygen atoms in total. The molecule has 3 heterocycles. The Balaban J connectivity index is 1.47. The van der Waals surface area contributed by atoms with Crippen LogP contribution in [0.4, 0.5) is 17.6 Å². The minimum Gasteiger partial charge on any atom is -0.298 e. The summed E-state index contributed by atoms with van der Waals surface area (Å²) in [5.41, 5.74) is 0.173. The van der Waals surface area contributed by atoms with Gasteiger partial charge in [0.2, 0.25) is 10.0 Å². The standard InChI is InChI=1S/C24H22F4N4O3S/c1-15-2-9-21(32(15)36(34,35)19-7-4-17(25)5-8-19)22(33)10-6-18-12-20(31-14-30-18)16-3-11-23(29-13-16)24(26,27)28/h3-5,7-8,11-15,21H,2,6,9-10H2,1H3/t15-,21+/m1/s1. The maximum atomic E-state index is 13.3. The van der Waals surface area contributed by atoms with E-state index in [4.69, 9.17) is 0 Å². The fourth-order valence-electron chi connectivity index (χ4n) is 4.22. The summed E-state index contributed by atoms with van der Waals surface area (Å²) in [7, 11) is -4.01. The van der Waals surface area contributed by atoms with Crippen LogP contribution in [-0.4, -0.2) is 45.5 Å². The van der Waals surface area contributed by atoms with Crippen LogP contribution >= 0.6 is 0 Å². The smallest absolute Gasteiger partial charge is 0.298 e. The molecule has 0 spiro atoms. The van der Waals surface area contributed by atoms with Gasteiger partial charge in [-0.05, 0) is 68.7 Å². The lowest BCUT2D eigenvalue weighted by Crippen LogP contribution is -2.44. The first-order valence-corrected chi connectivity index (χ1v) is 12.6. The van der Waals surface area contributed by atoms with Crippen molar-refractivity contribution in [3.63, 3.8) is 0 Å². The zero-order valence-electron chi connectivity index (χ0n) is 19.1. The van der Waals surface area contributed by atoms with Gasteiger partial charge in [-0.25, -0.2) is 22.8 Å². The van der Waals surface area contributed by atoms with E-state index in [2.05, 4.69) is 15.0 Å². The summed E-state index contributed by atoms with van der Waals surface area (Å²) >= 11 is 0. The summed E-state index contributed by atoms with van der Waals surface area (Å²) in [6, 6.07) is 6.89. The average molecular weight is 523 g/mol. The van der Waals surface area contributed by atoms with E-state index in [1.54, 1.807) is 13.0 Å². The number of halogens is 4. The molecule has 0 aliphatic carbocycles. The Kier molecular flexibility index (Phi) is 7.19. The van der Waals surface area contributed by atoms with Crippen molar-refractivity contribution in [1.29, 1.82) is 0 Å². The SMILES string of the molecule is C[C@@H]1CC[C@@H](C(=O)CCc2cc(-c3ccc(C(F)(F)F)nc3)ncn2)N1S(=O)(=O)c1ccc(F)cc1. The summed E-state index contributed by atoms with van der Waals surface area (Å²) in [6.45, 7) is 1.73. The fourth-order valence-corrected chi connectivity index (χ4v) is 6.08. The molecule has 1 fully saturated rings. The lowest BCUT2D eigenvalue weighted by atomic mass is 10.0. The highest BCUT2D eigenvalue weighted by atomic mass is 32.2. The second-order valence-electron chi connectivity index (χ2n) is 8.52. The number of carbonyl (C=O) groups excluding carboxylic acids is 1. The highest BCUT2D eigenvalue weighted by Crippen LogP contribution is 2.32. The number of sulfonamides is 1. The van der Waals surface area contributed by atoms with Gasteiger partial charge in [0.1, 0.15) is 17.8 Å². The van der Waals surface area contributed by atoms with E-state index < -0.39 is 39.8 Å². The second-order valence-corrected chi connectivity index (χ2v) is 10.4. The summed E-state index contributed by atoms with van der Waals surface area (Å²) in [6.07, 6.45) is -1.16. The topological polar surface area (TPSA) is 93.1 Å². The minimum atomic E-state index is -4.55. The van der Waals surface area contributed by atoms with Gasteiger partial charge in [-0.2, -0.15) is 17.5 Å². The largest absolute Gasteiger partial charge is 0.433 e. The van der Waals surface area contributed by atoms with Gasteiger partial charge in [-0.15, -0.1) is 0 Å². The van der Waals surface area contributed by atoms with Gasteiger partial charge in [-0.1, -0.05) is 0 Å². The Morgan fingerprint density at radius 3 is 2.42 bits per heavy atom. The number of aromatic nitrogens is 3. The number of nitrogens with zero attached hydrogens (tertiary/aromatic N) is 4. The molecule has 0 radical (unpaired) electrons. The van der Waals surface area contributed by atoms with Crippen molar-refractivity contribution in [3.8, 4) is 11.3 Å². The number of ketones is 1. The number of hydrogen-bond acceptors (Lipinski definition) is 6. The lowest BCUT2D eigenvalue weighted by molar-refractivity contribution is -0.141. The molecule has 0 bridgehead atoms. The van der Waals surface area contributed by atoms with Crippen LogP contribution in [0.25, 0.3) is 11.3 Å². The molecule has 0 amide bonds. The van der Waals surface area contributed by atoms with Crippen molar-refractivity contribution in [2.75, 3.05) is 0 Å². The number of rotatable bonds is 7. The van der Waals surface area contributed by atoms with E-state index in [0.29, 0.717) is 29.8 Å². The molecule has 1 aliphatic rings. The zero-order valence-corrected chi connectivity index (χ0v) is 19.9. The quantitative estimate of drug-likeness (QED) is 0.426. The zero-order chi connectivity index (χ0) is 26.1. The first-order valence-electron chi connectivity index (χ1n) is 11.1. The average Bonchev–Trinajstić information content (AvgIpc) is 3.25. The Morgan fingerprint density at radius 1 is 1.06 bits per heavy atom. The molecular weight excluding hydrogens is 500 g/mol. The fraction of sp³-hybridized carbons (Fsp3) is 0.333. The molecule has 0 saturated carbocycles. The molecule has 1 saturated heterocycles. The van der Waals surface area contributed by atoms with Crippen molar-refractivity contribution >= 4 is 15.8 Å². The van der Waals surface area contributed by atoms with Crippen LogP contribution in [0.1, 0.15) is 37.6 Å². The van der Waals surface area contributed by atoms with E-state index in [-0.39, 0.29) is 23.5 Å². The van der Waals surface area contributed by atoms with Crippen LogP contribution in [-0.2, 0) is 27.4 Å². The predicted molar refractivity (Wildman–Crippen MR) is 122 cm³/mol. The van der Waals surface area contributed by atoms with E-state index in [1.165, 1.54) is 28.8 Å². The molecule has 4 rings (SSSR count). The summed E-state index contributed by atoms with van der Waals surface area (Å²) in [5, 5.41) is 0. The Hall–Kier alpha value is -3.25. The molecule has 2 aromatic heterocycles.